The molecule has 6 nitrogen and oxygen atoms in total. The van der Waals surface area contributed by atoms with Gasteiger partial charge >= 0.3 is 5.97 Å². The molecule has 2 N–H and O–H groups in total. The number of benzene rings is 1. The number of ether oxygens (including phenoxy) is 2. The topological polar surface area (TPSA) is 84.9 Å². The molecule has 0 spiro atoms. The Balaban J connectivity index is 0.000000342. The van der Waals surface area contributed by atoms with Crippen LogP contribution in [0.5, 0.6) is 5.75 Å². The molecule has 0 aromatic heterocycles. The first-order chi connectivity index (χ1) is 9.08. The van der Waals surface area contributed by atoms with Crippen LogP contribution in [-0.4, -0.2) is 44.4 Å². The Morgan fingerprint density at radius 2 is 2.16 bits per heavy atom. The third-order valence-electron chi connectivity index (χ3n) is 2.16. The smallest absolute Gasteiger partial charge is 0.330 e. The van der Waals surface area contributed by atoms with E-state index in [1.54, 1.807) is 7.11 Å². The molecule has 0 saturated carbocycles. The second kappa shape index (κ2) is 9.90. The van der Waals surface area contributed by atoms with E-state index in [9.17, 15) is 9.59 Å². The Morgan fingerprint density at radius 3 is 2.53 bits per heavy atom. The van der Waals surface area contributed by atoms with E-state index in [-0.39, 0.29) is 0 Å². The van der Waals surface area contributed by atoms with Gasteiger partial charge in [0.2, 0.25) is 6.41 Å². The van der Waals surface area contributed by atoms with Crippen LogP contribution in [0.25, 0.3) is 0 Å². The van der Waals surface area contributed by atoms with Crippen molar-refractivity contribution >= 4 is 12.4 Å². The number of rotatable bonds is 5. The fraction of sp³-hybridized carbons (Fsp3) is 0.385. The van der Waals surface area contributed by atoms with Gasteiger partial charge in [0, 0.05) is 0 Å². The summed E-state index contributed by atoms with van der Waals surface area (Å²) in [6.07, 6.45) is 0.331. The monoisotopic (exact) mass is 269 g/mol. The molecule has 1 aromatic carbocycles. The fourth-order valence-electron chi connectivity index (χ4n) is 1.16. The predicted molar refractivity (Wildman–Crippen MR) is 69.8 cm³/mol. The number of carbonyl (C=O) groups is 2. The average molecular weight is 269 g/mol. The highest BCUT2D eigenvalue weighted by atomic mass is 16.5. The number of aryl methyl sites for hydroxylation is 1. The van der Waals surface area contributed by atoms with Crippen molar-refractivity contribution in [1.29, 1.82) is 0 Å². The standard InChI is InChI=1S/C8H10O.C5H9NO4/c1-7-4-3-5-8(6-7)9-2;1-10-5(9)4(2-7)6-3-8/h3-6H,1-2H3;3-4,7H,2H2,1H3,(H,6,8)/t;4-/m.0/s1. The van der Waals surface area contributed by atoms with E-state index in [0.717, 1.165) is 5.75 Å². The van der Waals surface area contributed by atoms with Crippen LogP contribution in [-0.2, 0) is 14.3 Å². The summed E-state index contributed by atoms with van der Waals surface area (Å²) >= 11 is 0. The Morgan fingerprint density at radius 1 is 1.47 bits per heavy atom. The van der Waals surface area contributed by atoms with Crippen LogP contribution in [0.3, 0.4) is 0 Å². The number of hydrogen-bond acceptors (Lipinski definition) is 5. The largest absolute Gasteiger partial charge is 0.497 e. The highest BCUT2D eigenvalue weighted by Gasteiger charge is 2.15. The highest BCUT2D eigenvalue weighted by Crippen LogP contribution is 2.10. The first-order valence-corrected chi connectivity index (χ1v) is 5.58. The van der Waals surface area contributed by atoms with Crippen LogP contribution in [0, 0.1) is 6.92 Å². The van der Waals surface area contributed by atoms with Gasteiger partial charge in [0.05, 0.1) is 20.8 Å². The van der Waals surface area contributed by atoms with Crippen molar-refractivity contribution in [3.63, 3.8) is 0 Å². The van der Waals surface area contributed by atoms with E-state index < -0.39 is 18.6 Å². The molecule has 0 aliphatic rings. The number of carbonyl (C=O) groups excluding carboxylic acids is 2. The van der Waals surface area contributed by atoms with Crippen LogP contribution in [0.4, 0.5) is 0 Å². The molecule has 19 heavy (non-hydrogen) atoms. The van der Waals surface area contributed by atoms with Gasteiger partial charge in [0.25, 0.3) is 0 Å². The minimum Gasteiger partial charge on any atom is -0.497 e. The number of nitrogens with one attached hydrogen (secondary N) is 1. The molecule has 1 amide bonds. The van der Waals surface area contributed by atoms with E-state index in [4.69, 9.17) is 9.84 Å². The molecule has 0 aliphatic heterocycles. The molecule has 6 heteroatoms. The summed E-state index contributed by atoms with van der Waals surface area (Å²) in [6, 6.07) is 7.02. The number of esters is 1. The first-order valence-electron chi connectivity index (χ1n) is 5.58. The fourth-order valence-corrected chi connectivity index (χ4v) is 1.16. The van der Waals surface area contributed by atoms with Crippen molar-refractivity contribution in [2.45, 2.75) is 13.0 Å². The van der Waals surface area contributed by atoms with Crippen molar-refractivity contribution in [1.82, 2.24) is 5.32 Å². The Kier molecular flexibility index (Phi) is 8.82. The van der Waals surface area contributed by atoms with Gasteiger partial charge in [-0.25, -0.2) is 4.79 Å². The minimum absolute atomic E-state index is 0.331. The Labute approximate surface area is 112 Å². The molecule has 1 atom stereocenters. The Hall–Kier alpha value is -2.08. The summed E-state index contributed by atoms with van der Waals surface area (Å²) in [4.78, 5) is 20.3. The van der Waals surface area contributed by atoms with Gasteiger partial charge in [-0.3, -0.25) is 4.79 Å². The van der Waals surface area contributed by atoms with E-state index in [2.05, 4.69) is 10.1 Å². The van der Waals surface area contributed by atoms with Gasteiger partial charge in [-0.05, 0) is 24.6 Å². The number of methoxy groups -OCH3 is 2. The maximum Gasteiger partial charge on any atom is 0.330 e. The van der Waals surface area contributed by atoms with Crippen LogP contribution in [0.2, 0.25) is 0 Å². The summed E-state index contributed by atoms with van der Waals surface area (Å²) in [5.74, 6) is 0.268. The minimum atomic E-state index is -0.942. The number of amides is 1. The molecule has 0 unspecified atom stereocenters. The Bertz CT molecular complexity index is 394. The SMILES string of the molecule is COC(=O)[C@H](CO)NC=O.COc1cccc(C)c1. The zero-order valence-corrected chi connectivity index (χ0v) is 11.3. The van der Waals surface area contributed by atoms with Gasteiger partial charge in [-0.1, -0.05) is 12.1 Å². The van der Waals surface area contributed by atoms with Crippen molar-refractivity contribution in [2.75, 3.05) is 20.8 Å². The zero-order chi connectivity index (χ0) is 14.7. The van der Waals surface area contributed by atoms with Crippen LogP contribution < -0.4 is 10.1 Å². The number of aliphatic hydroxyl groups is 1. The third-order valence-corrected chi connectivity index (χ3v) is 2.16. The second-order valence-corrected chi connectivity index (χ2v) is 3.56. The van der Waals surface area contributed by atoms with Gasteiger partial charge in [-0.2, -0.15) is 0 Å². The molecular weight excluding hydrogens is 250 g/mol. The molecule has 1 aromatic rings. The number of hydrogen-bond donors (Lipinski definition) is 2. The lowest BCUT2D eigenvalue weighted by Gasteiger charge is -2.08. The molecule has 0 bridgehead atoms. The van der Waals surface area contributed by atoms with E-state index in [1.807, 2.05) is 31.2 Å². The van der Waals surface area contributed by atoms with Crippen LogP contribution >= 0.6 is 0 Å². The second-order valence-electron chi connectivity index (χ2n) is 3.56. The summed E-state index contributed by atoms with van der Waals surface area (Å²) in [7, 11) is 2.85. The summed E-state index contributed by atoms with van der Waals surface area (Å²) in [5, 5.41) is 10.5. The van der Waals surface area contributed by atoms with E-state index in [1.165, 1.54) is 12.7 Å². The molecule has 106 valence electrons. The maximum atomic E-state index is 10.5. The van der Waals surface area contributed by atoms with Gasteiger partial charge in [-0.15, -0.1) is 0 Å². The molecular formula is C13H19NO5. The van der Waals surface area contributed by atoms with Crippen LogP contribution in [0.1, 0.15) is 5.56 Å². The van der Waals surface area contributed by atoms with E-state index in [0.29, 0.717) is 6.41 Å². The third kappa shape index (κ3) is 7.05. The van der Waals surface area contributed by atoms with E-state index >= 15 is 0 Å². The van der Waals surface area contributed by atoms with Gasteiger partial charge in [0.1, 0.15) is 11.8 Å². The average Bonchev–Trinajstić information content (AvgIpc) is 2.44. The van der Waals surface area contributed by atoms with Crippen molar-refractivity contribution in [2.24, 2.45) is 0 Å². The van der Waals surface area contributed by atoms with Crippen molar-refractivity contribution in [3.05, 3.63) is 29.8 Å². The van der Waals surface area contributed by atoms with Gasteiger partial charge in [0.15, 0.2) is 0 Å². The predicted octanol–water partition coefficient (Wildman–Crippen LogP) is 0.270. The summed E-state index contributed by atoms with van der Waals surface area (Å²) in [6.45, 7) is 1.59. The summed E-state index contributed by atoms with van der Waals surface area (Å²) < 4.78 is 9.23. The first kappa shape index (κ1) is 16.9. The van der Waals surface area contributed by atoms with Crippen molar-refractivity contribution < 1.29 is 24.2 Å². The lowest BCUT2D eigenvalue weighted by molar-refractivity contribution is -0.145. The molecule has 0 heterocycles. The van der Waals surface area contributed by atoms with Crippen LogP contribution in [0.15, 0.2) is 24.3 Å². The molecule has 0 saturated heterocycles. The quantitative estimate of drug-likeness (QED) is 0.592. The molecule has 0 radical (unpaired) electrons. The highest BCUT2D eigenvalue weighted by molar-refractivity contribution is 5.78. The number of aliphatic hydroxyl groups excluding tert-OH is 1. The molecule has 0 fully saturated rings. The molecule has 0 aliphatic carbocycles. The van der Waals surface area contributed by atoms with Crippen molar-refractivity contribution in [3.8, 4) is 5.75 Å². The van der Waals surface area contributed by atoms with Gasteiger partial charge < -0.3 is 19.9 Å². The lowest BCUT2D eigenvalue weighted by atomic mass is 10.2. The lowest BCUT2D eigenvalue weighted by Crippen LogP contribution is -2.39. The molecule has 1 rings (SSSR count). The maximum absolute atomic E-state index is 10.5. The normalized spacial score (nSPS) is 10.5. The zero-order valence-electron chi connectivity index (χ0n) is 11.3. The summed E-state index contributed by atoms with van der Waals surface area (Å²) in [5.41, 5.74) is 1.23.